The van der Waals surface area contributed by atoms with Gasteiger partial charge in [-0.05, 0) is 121 Å². The van der Waals surface area contributed by atoms with E-state index in [9.17, 15) is 0 Å². The van der Waals surface area contributed by atoms with Crippen LogP contribution in [-0.4, -0.2) is 6.10 Å². The van der Waals surface area contributed by atoms with E-state index in [2.05, 4.69) is 195 Å². The quantitative estimate of drug-likeness (QED) is 0.175. The van der Waals surface area contributed by atoms with Crippen molar-refractivity contribution in [3.63, 3.8) is 0 Å². The predicted octanol–water partition coefficient (Wildman–Crippen LogP) is 13.5. The van der Waals surface area contributed by atoms with Gasteiger partial charge in [-0.3, -0.25) is 0 Å². The highest BCUT2D eigenvalue weighted by Crippen LogP contribution is 2.67. The fourth-order valence-corrected chi connectivity index (χ4v) is 12.5. The van der Waals surface area contributed by atoms with E-state index in [4.69, 9.17) is 13.6 Å². The first-order valence-corrected chi connectivity index (χ1v) is 22.3. The fourth-order valence-electron chi connectivity index (χ4n) is 12.5. The minimum absolute atomic E-state index is 0.0307. The second kappa shape index (κ2) is 12.1. The number of fused-ring (bicyclic) bond motifs is 22. The molecule has 0 saturated carbocycles. The standard InChI is InChI=1S/C60H38O3/c1-33-28-55-45(39-18-7-12-24-52(39)62-55)30-42(33)46-32-50-58(57-41-20-8-13-25-53(41)63-59(46)57)56-40-19-3-2-14-35(40)43(34-26-27-54-44(29-34)38-17-6-11-23-51(38)61-54)31-49(56)60(50)47-21-9-4-15-36(47)37-16-5-10-22-48(37)60/h2-33,38,42,51H,1H3. The van der Waals surface area contributed by atoms with Crippen LogP contribution in [0.25, 0.3) is 89.2 Å². The Morgan fingerprint density at radius 1 is 0.492 bits per heavy atom. The second-order valence-electron chi connectivity index (χ2n) is 18.1. The Bertz CT molecular complexity index is 3840. The first-order chi connectivity index (χ1) is 31.1. The Kier molecular flexibility index (Phi) is 6.51. The molecule has 2 aromatic heterocycles. The van der Waals surface area contributed by atoms with Crippen molar-refractivity contribution in [2.75, 3.05) is 0 Å². The zero-order valence-corrected chi connectivity index (χ0v) is 34.4. The van der Waals surface area contributed by atoms with Gasteiger partial charge in [-0.25, -0.2) is 0 Å². The van der Waals surface area contributed by atoms with Crippen LogP contribution in [0.2, 0.25) is 0 Å². The number of benzene rings is 8. The summed E-state index contributed by atoms with van der Waals surface area (Å²) in [6.07, 6.45) is 13.5. The fraction of sp³-hybridized carbons (Fsp3) is 0.100. The molecule has 3 heterocycles. The van der Waals surface area contributed by atoms with Crippen LogP contribution in [0.1, 0.15) is 52.1 Å². The third-order valence-corrected chi connectivity index (χ3v) is 15.1. The summed E-state index contributed by atoms with van der Waals surface area (Å²) in [4.78, 5) is 0. The third kappa shape index (κ3) is 4.25. The minimum atomic E-state index is -0.602. The van der Waals surface area contributed by atoms with Crippen molar-refractivity contribution in [2.45, 2.75) is 30.3 Å². The Hall–Kier alpha value is -7.62. The lowest BCUT2D eigenvalue weighted by atomic mass is 9.69. The van der Waals surface area contributed by atoms with Gasteiger partial charge in [0, 0.05) is 44.3 Å². The Labute approximate surface area is 363 Å². The highest BCUT2D eigenvalue weighted by molar-refractivity contribution is 6.22. The Morgan fingerprint density at radius 2 is 1.16 bits per heavy atom. The molecule has 296 valence electrons. The van der Waals surface area contributed by atoms with Crippen LogP contribution in [0.5, 0.6) is 5.75 Å². The van der Waals surface area contributed by atoms with E-state index in [0.29, 0.717) is 0 Å². The average Bonchev–Trinajstić information content (AvgIpc) is 4.13. The molecule has 0 amide bonds. The Morgan fingerprint density at radius 3 is 1.97 bits per heavy atom. The van der Waals surface area contributed by atoms with E-state index in [-0.39, 0.29) is 23.9 Å². The molecule has 4 unspecified atom stereocenters. The first-order valence-electron chi connectivity index (χ1n) is 22.3. The zero-order chi connectivity index (χ0) is 41.1. The smallest absolute Gasteiger partial charge is 0.139 e. The van der Waals surface area contributed by atoms with Crippen LogP contribution < -0.4 is 15.4 Å². The molecule has 3 nitrogen and oxygen atoms in total. The van der Waals surface area contributed by atoms with Crippen molar-refractivity contribution in [1.82, 2.24) is 0 Å². The van der Waals surface area contributed by atoms with Crippen LogP contribution >= 0.6 is 0 Å². The highest BCUT2D eigenvalue weighted by Gasteiger charge is 2.54. The number of rotatable bonds is 2. The molecule has 0 bridgehead atoms. The Balaban J connectivity index is 1.10. The van der Waals surface area contributed by atoms with Gasteiger partial charge in [0.05, 0.1) is 5.41 Å². The topological polar surface area (TPSA) is 35.5 Å². The second-order valence-corrected chi connectivity index (χ2v) is 18.1. The van der Waals surface area contributed by atoms with E-state index < -0.39 is 5.41 Å². The number of furan rings is 2. The van der Waals surface area contributed by atoms with Crippen LogP contribution in [0.15, 0.2) is 185 Å². The minimum Gasteiger partial charge on any atom is -0.485 e. The summed E-state index contributed by atoms with van der Waals surface area (Å²) in [5, 5.41) is 7.13. The normalized spacial score (nSPS) is 20.2. The monoisotopic (exact) mass is 806 g/mol. The third-order valence-electron chi connectivity index (χ3n) is 15.1. The largest absolute Gasteiger partial charge is 0.485 e. The van der Waals surface area contributed by atoms with Gasteiger partial charge in [0.15, 0.2) is 0 Å². The summed E-state index contributed by atoms with van der Waals surface area (Å²) in [5.41, 5.74) is 18.5. The molecule has 0 N–H and O–H groups in total. The van der Waals surface area contributed by atoms with Crippen molar-refractivity contribution in [2.24, 2.45) is 5.92 Å². The van der Waals surface area contributed by atoms with E-state index >= 15 is 0 Å². The van der Waals surface area contributed by atoms with Gasteiger partial charge in [-0.15, -0.1) is 0 Å². The molecule has 0 saturated heterocycles. The molecule has 0 fully saturated rings. The lowest BCUT2D eigenvalue weighted by molar-refractivity contribution is 0.269. The number of allylic oxidation sites excluding steroid dienone is 2. The van der Waals surface area contributed by atoms with Gasteiger partial charge in [-0.2, -0.15) is 0 Å². The molecule has 3 heteroatoms. The van der Waals surface area contributed by atoms with Crippen molar-refractivity contribution < 1.29 is 13.6 Å². The average molecular weight is 807 g/mol. The van der Waals surface area contributed by atoms with Crippen LogP contribution in [0, 0.1) is 5.92 Å². The van der Waals surface area contributed by atoms with E-state index in [0.717, 1.165) is 43.9 Å². The van der Waals surface area contributed by atoms with Crippen LogP contribution in [0.3, 0.4) is 0 Å². The maximum absolute atomic E-state index is 7.18. The number of hydrogen-bond donors (Lipinski definition) is 0. The summed E-state index contributed by atoms with van der Waals surface area (Å²) in [7, 11) is 0. The molecule has 10 aromatic rings. The lowest BCUT2D eigenvalue weighted by Crippen LogP contribution is -2.29. The zero-order valence-electron chi connectivity index (χ0n) is 34.4. The SMILES string of the molecule is CC1C=c2oc3ccccc3c2=CC1c1cc2c(c3c1oc1ccccc13)-c1c(cc(-c3ccc4c(c3)C3C=CC=CC3O4)c3ccccc13)C21c2ccccc2-c2ccccc21. The summed E-state index contributed by atoms with van der Waals surface area (Å²) < 4.78 is 20.1. The van der Waals surface area contributed by atoms with Gasteiger partial charge in [0.25, 0.3) is 0 Å². The maximum Gasteiger partial charge on any atom is 0.139 e. The predicted molar refractivity (Wildman–Crippen MR) is 255 cm³/mol. The molecule has 4 atom stereocenters. The molecule has 1 aliphatic heterocycles. The van der Waals surface area contributed by atoms with Crippen molar-refractivity contribution in [3.8, 4) is 39.1 Å². The van der Waals surface area contributed by atoms with Gasteiger partial charge < -0.3 is 13.6 Å². The van der Waals surface area contributed by atoms with E-state index in [1.165, 1.54) is 82.9 Å². The van der Waals surface area contributed by atoms with Gasteiger partial charge >= 0.3 is 0 Å². The van der Waals surface area contributed by atoms with Crippen LogP contribution in [0.4, 0.5) is 0 Å². The molecule has 4 aliphatic carbocycles. The molecular formula is C60H38O3. The first kappa shape index (κ1) is 34.0. The van der Waals surface area contributed by atoms with Crippen molar-refractivity contribution in [3.05, 3.63) is 220 Å². The number of ether oxygens (including phenoxy) is 1. The van der Waals surface area contributed by atoms with Gasteiger partial charge in [0.2, 0.25) is 0 Å². The molecule has 63 heavy (non-hydrogen) atoms. The van der Waals surface area contributed by atoms with Gasteiger partial charge in [-0.1, -0.05) is 146 Å². The maximum atomic E-state index is 7.18. The lowest BCUT2D eigenvalue weighted by Gasteiger charge is -2.32. The molecule has 5 aliphatic rings. The van der Waals surface area contributed by atoms with Crippen LogP contribution in [-0.2, 0) is 5.41 Å². The van der Waals surface area contributed by atoms with E-state index in [1.54, 1.807) is 0 Å². The molecule has 8 aromatic carbocycles. The van der Waals surface area contributed by atoms with Crippen molar-refractivity contribution in [1.29, 1.82) is 0 Å². The van der Waals surface area contributed by atoms with Gasteiger partial charge in [0.1, 0.15) is 34.0 Å². The van der Waals surface area contributed by atoms with Crippen molar-refractivity contribution >= 4 is 55.8 Å². The summed E-state index contributed by atoms with van der Waals surface area (Å²) in [6.45, 7) is 2.33. The summed E-state index contributed by atoms with van der Waals surface area (Å²) in [6, 6.07) is 56.5. The summed E-state index contributed by atoms with van der Waals surface area (Å²) >= 11 is 0. The molecular weight excluding hydrogens is 769 g/mol. The molecule has 0 radical (unpaired) electrons. The number of hydrogen-bond acceptors (Lipinski definition) is 3. The van der Waals surface area contributed by atoms with E-state index in [1.807, 2.05) is 0 Å². The number of para-hydroxylation sites is 2. The molecule has 1 spiro atoms. The highest BCUT2D eigenvalue weighted by atomic mass is 16.5. The molecule has 15 rings (SSSR count). The summed E-state index contributed by atoms with van der Waals surface area (Å²) in [5.74, 6) is 1.36.